The normalized spacial score (nSPS) is 10.5. The largest absolute Gasteiger partial charge is 0.385 e. The Balaban J connectivity index is 2.09. The minimum atomic E-state index is 0.736. The predicted molar refractivity (Wildman–Crippen MR) is 71.6 cm³/mol. The van der Waals surface area contributed by atoms with E-state index in [0.717, 1.165) is 39.2 Å². The first-order chi connectivity index (χ1) is 8.36. The number of methoxy groups -OCH3 is 1. The Hall–Kier alpha value is -1.06. The predicted octanol–water partition coefficient (Wildman–Crippen LogP) is 2.71. The highest BCUT2D eigenvalue weighted by molar-refractivity contribution is 5.45. The molecule has 0 saturated carbocycles. The van der Waals surface area contributed by atoms with Gasteiger partial charge in [0.2, 0.25) is 0 Å². The lowest BCUT2D eigenvalue weighted by molar-refractivity contribution is 0.109. The molecule has 0 radical (unpaired) electrons. The first kappa shape index (κ1) is 14.0. The van der Waals surface area contributed by atoms with E-state index >= 15 is 0 Å². The molecule has 0 spiro atoms. The van der Waals surface area contributed by atoms with Gasteiger partial charge in [-0.05, 0) is 30.5 Å². The summed E-state index contributed by atoms with van der Waals surface area (Å²) in [6.45, 7) is 5.29. The van der Waals surface area contributed by atoms with Gasteiger partial charge in [0, 0.05) is 32.6 Å². The molecule has 17 heavy (non-hydrogen) atoms. The zero-order chi connectivity index (χ0) is 12.3. The molecule has 0 saturated heterocycles. The molecule has 0 aromatic heterocycles. The van der Waals surface area contributed by atoms with E-state index in [2.05, 4.69) is 36.5 Å². The van der Waals surface area contributed by atoms with Crippen molar-refractivity contribution in [3.63, 3.8) is 0 Å². The maximum atomic E-state index is 5.47. The summed E-state index contributed by atoms with van der Waals surface area (Å²) in [6, 6.07) is 8.50. The molecule has 0 amide bonds. The lowest BCUT2D eigenvalue weighted by Gasteiger charge is -2.08. The monoisotopic (exact) mass is 237 g/mol. The summed E-state index contributed by atoms with van der Waals surface area (Å²) in [4.78, 5) is 0. The molecule has 0 unspecified atom stereocenters. The highest BCUT2D eigenvalue weighted by Crippen LogP contribution is 2.10. The third-order valence-electron chi connectivity index (χ3n) is 2.55. The zero-order valence-electron chi connectivity index (χ0n) is 10.9. The SMILES string of the molecule is CCc1cccc(NCCOCCCOC)c1. The van der Waals surface area contributed by atoms with Crippen LogP contribution < -0.4 is 5.32 Å². The van der Waals surface area contributed by atoms with Crippen LogP contribution in [0.5, 0.6) is 0 Å². The number of aryl methyl sites for hydroxylation is 1. The van der Waals surface area contributed by atoms with E-state index in [0.29, 0.717) is 0 Å². The van der Waals surface area contributed by atoms with Crippen LogP contribution in [0.4, 0.5) is 5.69 Å². The number of benzene rings is 1. The third-order valence-corrected chi connectivity index (χ3v) is 2.55. The number of anilines is 1. The second kappa shape index (κ2) is 9.02. The molecule has 0 heterocycles. The lowest BCUT2D eigenvalue weighted by atomic mass is 10.1. The molecule has 0 bridgehead atoms. The second-order valence-corrected chi connectivity index (χ2v) is 3.94. The quantitative estimate of drug-likeness (QED) is 0.670. The Morgan fingerprint density at radius 3 is 2.82 bits per heavy atom. The van der Waals surface area contributed by atoms with Gasteiger partial charge in [-0.3, -0.25) is 0 Å². The van der Waals surface area contributed by atoms with E-state index in [9.17, 15) is 0 Å². The standard InChI is InChI=1S/C14H23NO2/c1-3-13-6-4-7-14(12-13)15-8-11-17-10-5-9-16-2/h4,6-7,12,15H,3,5,8-11H2,1-2H3. The third kappa shape index (κ3) is 6.29. The summed E-state index contributed by atoms with van der Waals surface area (Å²) in [7, 11) is 1.71. The minimum Gasteiger partial charge on any atom is -0.385 e. The van der Waals surface area contributed by atoms with Gasteiger partial charge in [0.1, 0.15) is 0 Å². The van der Waals surface area contributed by atoms with Gasteiger partial charge >= 0.3 is 0 Å². The highest BCUT2D eigenvalue weighted by Gasteiger charge is 1.94. The maximum absolute atomic E-state index is 5.47. The van der Waals surface area contributed by atoms with Crippen molar-refractivity contribution in [2.75, 3.05) is 38.8 Å². The molecule has 1 rings (SSSR count). The van der Waals surface area contributed by atoms with Gasteiger partial charge < -0.3 is 14.8 Å². The van der Waals surface area contributed by atoms with Crippen LogP contribution in [0.3, 0.4) is 0 Å². The lowest BCUT2D eigenvalue weighted by Crippen LogP contribution is -2.10. The Kier molecular flexibility index (Phi) is 7.43. The van der Waals surface area contributed by atoms with Crippen LogP contribution in [-0.4, -0.2) is 33.5 Å². The number of hydrogen-bond donors (Lipinski definition) is 1. The summed E-state index contributed by atoms with van der Waals surface area (Å²) in [5.74, 6) is 0. The average Bonchev–Trinajstić information content (AvgIpc) is 2.38. The summed E-state index contributed by atoms with van der Waals surface area (Å²) in [5.41, 5.74) is 2.53. The average molecular weight is 237 g/mol. The van der Waals surface area contributed by atoms with E-state index in [-0.39, 0.29) is 0 Å². The molecule has 3 nitrogen and oxygen atoms in total. The molecule has 0 atom stereocenters. The molecule has 3 heteroatoms. The van der Waals surface area contributed by atoms with Crippen LogP contribution in [0, 0.1) is 0 Å². The first-order valence-corrected chi connectivity index (χ1v) is 6.26. The van der Waals surface area contributed by atoms with Crippen molar-refractivity contribution in [1.82, 2.24) is 0 Å². The van der Waals surface area contributed by atoms with Gasteiger partial charge in [-0.2, -0.15) is 0 Å². The Morgan fingerprint density at radius 2 is 2.06 bits per heavy atom. The van der Waals surface area contributed by atoms with E-state index in [1.165, 1.54) is 11.3 Å². The van der Waals surface area contributed by atoms with Crippen molar-refractivity contribution >= 4 is 5.69 Å². The topological polar surface area (TPSA) is 30.5 Å². The van der Waals surface area contributed by atoms with Gasteiger partial charge in [0.15, 0.2) is 0 Å². The molecule has 0 aliphatic carbocycles. The van der Waals surface area contributed by atoms with Gasteiger partial charge in [0.25, 0.3) is 0 Å². The fraction of sp³-hybridized carbons (Fsp3) is 0.571. The maximum Gasteiger partial charge on any atom is 0.0639 e. The van der Waals surface area contributed by atoms with Crippen LogP contribution in [0.2, 0.25) is 0 Å². The van der Waals surface area contributed by atoms with Crippen LogP contribution in [-0.2, 0) is 15.9 Å². The van der Waals surface area contributed by atoms with E-state index < -0.39 is 0 Å². The van der Waals surface area contributed by atoms with Crippen LogP contribution in [0.25, 0.3) is 0 Å². The molecule has 1 N–H and O–H groups in total. The number of hydrogen-bond acceptors (Lipinski definition) is 3. The molecule has 1 aromatic carbocycles. The van der Waals surface area contributed by atoms with Crippen LogP contribution >= 0.6 is 0 Å². The van der Waals surface area contributed by atoms with Crippen LogP contribution in [0.15, 0.2) is 24.3 Å². The van der Waals surface area contributed by atoms with Gasteiger partial charge in [0.05, 0.1) is 6.61 Å². The molecule has 96 valence electrons. The molecular formula is C14H23NO2. The van der Waals surface area contributed by atoms with Crippen molar-refractivity contribution in [2.24, 2.45) is 0 Å². The Labute approximate surface area is 104 Å². The van der Waals surface area contributed by atoms with Gasteiger partial charge in [-0.25, -0.2) is 0 Å². The number of ether oxygens (including phenoxy) is 2. The van der Waals surface area contributed by atoms with Crippen molar-refractivity contribution < 1.29 is 9.47 Å². The molecule has 0 fully saturated rings. The van der Waals surface area contributed by atoms with E-state index in [1.54, 1.807) is 7.11 Å². The molecule has 0 aliphatic heterocycles. The van der Waals surface area contributed by atoms with E-state index in [1.807, 2.05) is 0 Å². The highest BCUT2D eigenvalue weighted by atomic mass is 16.5. The van der Waals surface area contributed by atoms with Crippen LogP contribution in [0.1, 0.15) is 18.9 Å². The van der Waals surface area contributed by atoms with Crippen molar-refractivity contribution in [2.45, 2.75) is 19.8 Å². The summed E-state index contributed by atoms with van der Waals surface area (Å²) in [5, 5.41) is 3.35. The molecule has 0 aliphatic rings. The summed E-state index contributed by atoms with van der Waals surface area (Å²) >= 11 is 0. The number of rotatable bonds is 9. The van der Waals surface area contributed by atoms with Crippen molar-refractivity contribution in [1.29, 1.82) is 0 Å². The molecule has 1 aromatic rings. The second-order valence-electron chi connectivity index (χ2n) is 3.94. The van der Waals surface area contributed by atoms with Crippen molar-refractivity contribution in [3.8, 4) is 0 Å². The summed E-state index contributed by atoms with van der Waals surface area (Å²) < 4.78 is 10.4. The van der Waals surface area contributed by atoms with Gasteiger partial charge in [-0.15, -0.1) is 0 Å². The summed E-state index contributed by atoms with van der Waals surface area (Å²) in [6.07, 6.45) is 2.03. The Bertz CT molecular complexity index is 302. The zero-order valence-corrected chi connectivity index (χ0v) is 10.9. The van der Waals surface area contributed by atoms with E-state index in [4.69, 9.17) is 9.47 Å². The number of nitrogens with one attached hydrogen (secondary N) is 1. The molecular weight excluding hydrogens is 214 g/mol. The Morgan fingerprint density at radius 1 is 1.18 bits per heavy atom. The van der Waals surface area contributed by atoms with Gasteiger partial charge in [-0.1, -0.05) is 19.1 Å². The first-order valence-electron chi connectivity index (χ1n) is 6.26. The van der Waals surface area contributed by atoms with Crippen molar-refractivity contribution in [3.05, 3.63) is 29.8 Å². The fourth-order valence-electron chi connectivity index (χ4n) is 1.58. The fourth-order valence-corrected chi connectivity index (χ4v) is 1.58. The minimum absolute atomic E-state index is 0.736. The smallest absolute Gasteiger partial charge is 0.0639 e.